The molecule has 0 aliphatic carbocycles. The maximum atomic E-state index is 13.6. The third kappa shape index (κ3) is 4.24. The van der Waals surface area contributed by atoms with Gasteiger partial charge in [-0.1, -0.05) is 18.2 Å². The van der Waals surface area contributed by atoms with Crippen LogP contribution in [0.2, 0.25) is 0 Å². The molecule has 1 aliphatic heterocycles. The van der Waals surface area contributed by atoms with E-state index in [2.05, 4.69) is 5.32 Å². The molecule has 120 valence electrons. The van der Waals surface area contributed by atoms with Gasteiger partial charge in [0.15, 0.2) is 6.79 Å². The average molecular weight is 333 g/mol. The number of carbonyl (C=O) groups excluding carboxylic acids is 1. The maximum absolute atomic E-state index is 13.6. The van der Waals surface area contributed by atoms with Crippen molar-refractivity contribution in [2.45, 2.75) is 12.4 Å². The lowest BCUT2D eigenvalue weighted by Crippen LogP contribution is -2.15. The van der Waals surface area contributed by atoms with Crippen LogP contribution in [0.4, 0.5) is 10.1 Å². The van der Waals surface area contributed by atoms with Gasteiger partial charge in [0, 0.05) is 22.6 Å². The number of fused-ring (bicyclic) bond motifs is 1. The van der Waals surface area contributed by atoms with Gasteiger partial charge in [0.05, 0.1) is 12.4 Å². The number of hydrogen-bond acceptors (Lipinski definition) is 4. The largest absolute Gasteiger partial charge is 0.467 e. The molecular weight excluding hydrogens is 317 g/mol. The first kappa shape index (κ1) is 15.8. The van der Waals surface area contributed by atoms with E-state index in [0.717, 1.165) is 11.3 Å². The maximum Gasteiger partial charge on any atom is 0.234 e. The van der Waals surface area contributed by atoms with E-state index >= 15 is 0 Å². The van der Waals surface area contributed by atoms with Crippen LogP contribution in [0, 0.1) is 5.82 Å². The molecule has 2 aromatic rings. The Morgan fingerprint density at radius 2 is 2.09 bits per heavy atom. The second-order valence-electron chi connectivity index (χ2n) is 5.07. The number of rotatable bonds is 5. The summed E-state index contributed by atoms with van der Waals surface area (Å²) in [6.07, 6.45) is 0. The third-order valence-electron chi connectivity index (χ3n) is 3.30. The summed E-state index contributed by atoms with van der Waals surface area (Å²) < 4.78 is 24.2. The van der Waals surface area contributed by atoms with E-state index in [0.29, 0.717) is 23.7 Å². The molecule has 0 radical (unpaired) electrons. The lowest BCUT2D eigenvalue weighted by atomic mass is 10.1. The van der Waals surface area contributed by atoms with E-state index < -0.39 is 0 Å². The molecular formula is C17H16FNO3S. The third-order valence-corrected chi connectivity index (χ3v) is 4.28. The van der Waals surface area contributed by atoms with Crippen molar-refractivity contribution in [3.05, 3.63) is 59.4 Å². The van der Waals surface area contributed by atoms with Gasteiger partial charge in [-0.25, -0.2) is 4.39 Å². The molecule has 4 nitrogen and oxygen atoms in total. The summed E-state index contributed by atoms with van der Waals surface area (Å²) in [5, 5.41) is 2.82. The van der Waals surface area contributed by atoms with Crippen molar-refractivity contribution in [1.82, 2.24) is 0 Å². The molecule has 2 aromatic carbocycles. The van der Waals surface area contributed by atoms with Crippen LogP contribution in [0.25, 0.3) is 0 Å². The molecule has 3 rings (SSSR count). The first-order chi connectivity index (χ1) is 11.2. The summed E-state index contributed by atoms with van der Waals surface area (Å²) in [6.45, 7) is 0.518. The minimum atomic E-state index is -0.317. The van der Waals surface area contributed by atoms with Gasteiger partial charge in [-0.2, -0.15) is 0 Å². The van der Waals surface area contributed by atoms with Gasteiger partial charge in [0.1, 0.15) is 11.6 Å². The van der Waals surface area contributed by atoms with Crippen LogP contribution in [0.5, 0.6) is 5.75 Å². The molecule has 0 aromatic heterocycles. The fraction of sp³-hybridized carbons (Fsp3) is 0.235. The Balaban J connectivity index is 1.56. The molecule has 1 heterocycles. The van der Waals surface area contributed by atoms with Gasteiger partial charge in [-0.05, 0) is 24.3 Å². The molecule has 0 saturated carbocycles. The van der Waals surface area contributed by atoms with E-state index in [4.69, 9.17) is 9.47 Å². The molecule has 0 atom stereocenters. The highest BCUT2D eigenvalue weighted by Crippen LogP contribution is 2.31. The van der Waals surface area contributed by atoms with Gasteiger partial charge in [0.25, 0.3) is 0 Å². The predicted octanol–water partition coefficient (Wildman–Crippen LogP) is 3.56. The summed E-state index contributed by atoms with van der Waals surface area (Å²) in [4.78, 5) is 11.9. The van der Waals surface area contributed by atoms with Crippen molar-refractivity contribution in [1.29, 1.82) is 0 Å². The molecule has 0 bridgehead atoms. The molecule has 1 amide bonds. The Morgan fingerprint density at radius 3 is 2.91 bits per heavy atom. The predicted molar refractivity (Wildman–Crippen MR) is 87.9 cm³/mol. The molecule has 1 N–H and O–H groups in total. The van der Waals surface area contributed by atoms with Crippen molar-refractivity contribution in [2.75, 3.05) is 17.9 Å². The number of anilines is 1. The minimum absolute atomic E-state index is 0.0873. The second kappa shape index (κ2) is 7.48. The second-order valence-corrected chi connectivity index (χ2v) is 6.06. The zero-order chi connectivity index (χ0) is 16.1. The zero-order valence-corrected chi connectivity index (χ0v) is 13.2. The Labute approximate surface area is 138 Å². The lowest BCUT2D eigenvalue weighted by molar-refractivity contribution is -0.113. The normalized spacial score (nSPS) is 13.1. The van der Waals surface area contributed by atoms with E-state index in [-0.39, 0.29) is 24.3 Å². The number of amides is 1. The first-order valence-corrected chi connectivity index (χ1v) is 8.32. The van der Waals surface area contributed by atoms with Crippen molar-refractivity contribution in [2.24, 2.45) is 0 Å². The first-order valence-electron chi connectivity index (χ1n) is 7.17. The van der Waals surface area contributed by atoms with Crippen LogP contribution < -0.4 is 10.1 Å². The van der Waals surface area contributed by atoms with Gasteiger partial charge in [0.2, 0.25) is 5.91 Å². The lowest BCUT2D eigenvalue weighted by Gasteiger charge is -2.20. The van der Waals surface area contributed by atoms with Gasteiger partial charge < -0.3 is 14.8 Å². The number of carbonyl (C=O) groups is 1. The number of hydrogen-bond donors (Lipinski definition) is 1. The topological polar surface area (TPSA) is 47.6 Å². The number of benzene rings is 2. The summed E-state index contributed by atoms with van der Waals surface area (Å²) in [6, 6.07) is 12.2. The fourth-order valence-electron chi connectivity index (χ4n) is 2.34. The van der Waals surface area contributed by atoms with E-state index in [1.54, 1.807) is 0 Å². The van der Waals surface area contributed by atoms with Crippen LogP contribution in [-0.2, 0) is 21.9 Å². The van der Waals surface area contributed by atoms with Crippen molar-refractivity contribution in [3.8, 4) is 5.75 Å². The van der Waals surface area contributed by atoms with E-state index in [1.165, 1.54) is 23.9 Å². The van der Waals surface area contributed by atoms with Crippen molar-refractivity contribution < 1.29 is 18.7 Å². The summed E-state index contributed by atoms with van der Waals surface area (Å²) in [5.41, 5.74) is 2.23. The van der Waals surface area contributed by atoms with E-state index in [1.807, 2.05) is 30.3 Å². The van der Waals surface area contributed by atoms with Gasteiger partial charge in [-0.3, -0.25) is 4.79 Å². The molecule has 0 unspecified atom stereocenters. The fourth-order valence-corrected chi connectivity index (χ4v) is 3.13. The molecule has 23 heavy (non-hydrogen) atoms. The SMILES string of the molecule is O=C(CSCc1cc(F)cc2c1OCOC2)Nc1ccccc1. The molecule has 1 aliphatic rings. The van der Waals surface area contributed by atoms with Crippen LogP contribution in [0.3, 0.4) is 0 Å². The van der Waals surface area contributed by atoms with Gasteiger partial charge in [-0.15, -0.1) is 11.8 Å². The molecule has 0 spiro atoms. The summed E-state index contributed by atoms with van der Waals surface area (Å²) >= 11 is 1.42. The average Bonchev–Trinajstić information content (AvgIpc) is 2.55. The Hall–Kier alpha value is -2.05. The van der Waals surface area contributed by atoms with Crippen LogP contribution in [-0.4, -0.2) is 18.5 Å². The van der Waals surface area contributed by atoms with Crippen molar-refractivity contribution in [3.63, 3.8) is 0 Å². The monoisotopic (exact) mass is 333 g/mol. The number of ether oxygens (including phenoxy) is 2. The number of para-hydroxylation sites is 1. The van der Waals surface area contributed by atoms with E-state index in [9.17, 15) is 9.18 Å². The van der Waals surface area contributed by atoms with Crippen molar-refractivity contribution >= 4 is 23.4 Å². The van der Waals surface area contributed by atoms with Crippen LogP contribution in [0.1, 0.15) is 11.1 Å². The quantitative estimate of drug-likeness (QED) is 0.909. The smallest absolute Gasteiger partial charge is 0.234 e. The number of halogens is 1. The zero-order valence-electron chi connectivity index (χ0n) is 12.4. The standard InChI is InChI=1S/C17H16FNO3S/c18-14-6-12-8-21-11-22-17(12)13(7-14)9-23-10-16(20)19-15-4-2-1-3-5-15/h1-7H,8-11H2,(H,19,20). The highest BCUT2D eigenvalue weighted by molar-refractivity contribution is 7.99. The highest BCUT2D eigenvalue weighted by atomic mass is 32.2. The molecule has 0 saturated heterocycles. The summed E-state index contributed by atoms with van der Waals surface area (Å²) in [5.74, 6) is 1.06. The van der Waals surface area contributed by atoms with Crippen LogP contribution >= 0.6 is 11.8 Å². The molecule has 6 heteroatoms. The van der Waals surface area contributed by atoms with Gasteiger partial charge >= 0.3 is 0 Å². The minimum Gasteiger partial charge on any atom is -0.467 e. The Morgan fingerprint density at radius 1 is 1.26 bits per heavy atom. The number of thioether (sulfide) groups is 1. The number of nitrogens with one attached hydrogen (secondary N) is 1. The summed E-state index contributed by atoms with van der Waals surface area (Å²) in [7, 11) is 0. The molecule has 0 fully saturated rings. The van der Waals surface area contributed by atoms with Crippen LogP contribution in [0.15, 0.2) is 42.5 Å². The highest BCUT2D eigenvalue weighted by Gasteiger charge is 2.17. The Kier molecular flexibility index (Phi) is 5.15. The Bertz CT molecular complexity index is 694.